The molecule has 1 atom stereocenters. The van der Waals surface area contributed by atoms with E-state index in [4.69, 9.17) is 0 Å². The van der Waals surface area contributed by atoms with Crippen LogP contribution in [-0.4, -0.2) is 37.9 Å². The standard InChI is InChI=1S/C20H23N5OS/c1-16(12-13-17-8-4-2-5-9-17)21-19(26)15-27-20-22-23-24-25(20)14-18-10-6-3-7-11-18/h2-11,16H,12-15H2,1H3,(H,21,26). The van der Waals surface area contributed by atoms with Crippen LogP contribution in [0.15, 0.2) is 65.8 Å². The fourth-order valence-corrected chi connectivity index (χ4v) is 3.39. The van der Waals surface area contributed by atoms with Crippen LogP contribution in [0.25, 0.3) is 0 Å². The minimum absolute atomic E-state index is 0.00479. The number of rotatable bonds is 9. The Labute approximate surface area is 163 Å². The molecule has 1 unspecified atom stereocenters. The molecule has 3 aromatic rings. The van der Waals surface area contributed by atoms with Crippen LogP contribution in [-0.2, 0) is 17.8 Å². The highest BCUT2D eigenvalue weighted by Gasteiger charge is 2.12. The average Bonchev–Trinajstić information content (AvgIpc) is 3.13. The molecule has 1 N–H and O–H groups in total. The topological polar surface area (TPSA) is 72.7 Å². The summed E-state index contributed by atoms with van der Waals surface area (Å²) in [6.45, 7) is 2.62. The summed E-state index contributed by atoms with van der Waals surface area (Å²) in [6.07, 6.45) is 1.86. The van der Waals surface area contributed by atoms with Crippen molar-refractivity contribution in [2.75, 3.05) is 5.75 Å². The van der Waals surface area contributed by atoms with Crippen LogP contribution in [0.1, 0.15) is 24.5 Å². The van der Waals surface area contributed by atoms with Gasteiger partial charge in [-0.2, -0.15) is 0 Å². The summed E-state index contributed by atoms with van der Waals surface area (Å²) in [5, 5.41) is 15.5. The normalized spacial score (nSPS) is 11.9. The van der Waals surface area contributed by atoms with E-state index >= 15 is 0 Å². The zero-order valence-corrected chi connectivity index (χ0v) is 16.1. The largest absolute Gasteiger partial charge is 0.353 e. The molecule has 0 radical (unpaired) electrons. The minimum Gasteiger partial charge on any atom is -0.353 e. The lowest BCUT2D eigenvalue weighted by Gasteiger charge is -2.13. The van der Waals surface area contributed by atoms with Crippen molar-refractivity contribution in [3.63, 3.8) is 0 Å². The molecule has 6 nitrogen and oxygen atoms in total. The quantitative estimate of drug-likeness (QED) is 0.577. The highest BCUT2D eigenvalue weighted by molar-refractivity contribution is 7.99. The number of benzene rings is 2. The number of tetrazole rings is 1. The molecule has 0 spiro atoms. The molecular formula is C20H23N5OS. The van der Waals surface area contributed by atoms with Crippen molar-refractivity contribution in [2.24, 2.45) is 0 Å². The van der Waals surface area contributed by atoms with Gasteiger partial charge in [-0.15, -0.1) is 5.10 Å². The maximum absolute atomic E-state index is 12.2. The second-order valence-corrected chi connectivity index (χ2v) is 7.33. The maximum atomic E-state index is 12.2. The number of carbonyl (C=O) groups excluding carboxylic acids is 1. The highest BCUT2D eigenvalue weighted by Crippen LogP contribution is 2.15. The Hall–Kier alpha value is -2.67. The Morgan fingerprint density at radius 3 is 2.44 bits per heavy atom. The number of nitrogens with one attached hydrogen (secondary N) is 1. The molecule has 1 aromatic heterocycles. The highest BCUT2D eigenvalue weighted by atomic mass is 32.2. The summed E-state index contributed by atoms with van der Waals surface area (Å²) in [6, 6.07) is 20.4. The van der Waals surface area contributed by atoms with Crippen LogP contribution in [0.3, 0.4) is 0 Å². The number of amides is 1. The van der Waals surface area contributed by atoms with Gasteiger partial charge in [-0.25, -0.2) is 4.68 Å². The van der Waals surface area contributed by atoms with Crippen molar-refractivity contribution in [1.29, 1.82) is 0 Å². The summed E-state index contributed by atoms with van der Waals surface area (Å²) in [5.41, 5.74) is 2.40. The fourth-order valence-electron chi connectivity index (χ4n) is 2.70. The molecule has 2 aromatic carbocycles. The van der Waals surface area contributed by atoms with E-state index in [1.807, 2.05) is 55.5 Å². The van der Waals surface area contributed by atoms with Gasteiger partial charge in [-0.1, -0.05) is 72.4 Å². The van der Waals surface area contributed by atoms with Gasteiger partial charge in [0.05, 0.1) is 12.3 Å². The molecule has 0 aliphatic heterocycles. The Kier molecular flexibility index (Phi) is 6.98. The van der Waals surface area contributed by atoms with Crippen molar-refractivity contribution < 1.29 is 4.79 Å². The molecule has 140 valence electrons. The van der Waals surface area contributed by atoms with Crippen LogP contribution >= 0.6 is 11.8 Å². The van der Waals surface area contributed by atoms with E-state index in [1.54, 1.807) is 4.68 Å². The van der Waals surface area contributed by atoms with Crippen molar-refractivity contribution >= 4 is 17.7 Å². The summed E-state index contributed by atoms with van der Waals surface area (Å²) in [4.78, 5) is 12.2. The number of carbonyl (C=O) groups is 1. The summed E-state index contributed by atoms with van der Waals surface area (Å²) in [7, 11) is 0. The minimum atomic E-state index is -0.00479. The Morgan fingerprint density at radius 1 is 1.07 bits per heavy atom. The van der Waals surface area contributed by atoms with E-state index in [-0.39, 0.29) is 11.9 Å². The van der Waals surface area contributed by atoms with Crippen LogP contribution < -0.4 is 5.32 Å². The third kappa shape index (κ3) is 6.21. The Morgan fingerprint density at radius 2 is 1.74 bits per heavy atom. The van der Waals surface area contributed by atoms with Gasteiger partial charge < -0.3 is 5.32 Å². The molecule has 27 heavy (non-hydrogen) atoms. The molecule has 0 aliphatic carbocycles. The van der Waals surface area contributed by atoms with Crippen molar-refractivity contribution in [2.45, 2.75) is 37.5 Å². The summed E-state index contributed by atoms with van der Waals surface area (Å²) in [5.74, 6) is 0.292. The number of aromatic nitrogens is 4. The van der Waals surface area contributed by atoms with Gasteiger partial charge in [0.25, 0.3) is 0 Å². The maximum Gasteiger partial charge on any atom is 0.230 e. The molecule has 0 fully saturated rings. The van der Waals surface area contributed by atoms with Gasteiger partial charge in [0, 0.05) is 6.04 Å². The zero-order valence-electron chi connectivity index (χ0n) is 15.3. The SMILES string of the molecule is CC(CCc1ccccc1)NC(=O)CSc1nnnn1Cc1ccccc1. The van der Waals surface area contributed by atoms with E-state index in [1.165, 1.54) is 17.3 Å². The first kappa shape index (κ1) is 19.1. The molecule has 0 saturated heterocycles. The van der Waals surface area contributed by atoms with E-state index < -0.39 is 0 Å². The first-order valence-electron chi connectivity index (χ1n) is 8.97. The number of aryl methyl sites for hydroxylation is 1. The number of thioether (sulfide) groups is 1. The Balaban J connectivity index is 1.43. The molecule has 1 heterocycles. The van der Waals surface area contributed by atoms with Gasteiger partial charge in [-0.3, -0.25) is 4.79 Å². The van der Waals surface area contributed by atoms with Gasteiger partial charge in [0.1, 0.15) is 0 Å². The molecular weight excluding hydrogens is 358 g/mol. The monoisotopic (exact) mass is 381 g/mol. The predicted molar refractivity (Wildman–Crippen MR) is 106 cm³/mol. The number of hydrogen-bond donors (Lipinski definition) is 1. The first-order valence-corrected chi connectivity index (χ1v) is 9.95. The third-order valence-electron chi connectivity index (χ3n) is 4.12. The van der Waals surface area contributed by atoms with E-state index in [0.29, 0.717) is 17.5 Å². The fraction of sp³-hybridized carbons (Fsp3) is 0.300. The van der Waals surface area contributed by atoms with Crippen molar-refractivity contribution in [3.8, 4) is 0 Å². The van der Waals surface area contributed by atoms with E-state index in [2.05, 4.69) is 33.0 Å². The van der Waals surface area contributed by atoms with E-state index in [0.717, 1.165) is 18.4 Å². The summed E-state index contributed by atoms with van der Waals surface area (Å²) < 4.78 is 1.71. The third-order valence-corrected chi connectivity index (χ3v) is 5.08. The van der Waals surface area contributed by atoms with Gasteiger partial charge in [-0.05, 0) is 41.3 Å². The van der Waals surface area contributed by atoms with Gasteiger partial charge in [0.2, 0.25) is 11.1 Å². The smallest absolute Gasteiger partial charge is 0.230 e. The molecule has 7 heteroatoms. The second-order valence-electron chi connectivity index (χ2n) is 6.39. The lowest BCUT2D eigenvalue weighted by Crippen LogP contribution is -2.34. The van der Waals surface area contributed by atoms with Crippen LogP contribution in [0.5, 0.6) is 0 Å². The molecule has 0 bridgehead atoms. The molecule has 1 amide bonds. The number of nitrogens with zero attached hydrogens (tertiary/aromatic N) is 4. The summed E-state index contributed by atoms with van der Waals surface area (Å²) >= 11 is 1.35. The van der Waals surface area contributed by atoms with Gasteiger partial charge >= 0.3 is 0 Å². The first-order chi connectivity index (χ1) is 13.2. The average molecular weight is 382 g/mol. The second kappa shape index (κ2) is 9.87. The lowest BCUT2D eigenvalue weighted by molar-refractivity contribution is -0.119. The molecule has 0 aliphatic rings. The van der Waals surface area contributed by atoms with Crippen molar-refractivity contribution in [3.05, 3.63) is 71.8 Å². The zero-order chi connectivity index (χ0) is 18.9. The number of hydrogen-bond acceptors (Lipinski definition) is 5. The van der Waals surface area contributed by atoms with Crippen LogP contribution in [0, 0.1) is 0 Å². The van der Waals surface area contributed by atoms with Gasteiger partial charge in [0.15, 0.2) is 0 Å². The molecule has 0 saturated carbocycles. The van der Waals surface area contributed by atoms with Crippen LogP contribution in [0.2, 0.25) is 0 Å². The van der Waals surface area contributed by atoms with Crippen molar-refractivity contribution in [1.82, 2.24) is 25.5 Å². The van der Waals surface area contributed by atoms with Crippen LogP contribution in [0.4, 0.5) is 0 Å². The molecule has 3 rings (SSSR count). The van der Waals surface area contributed by atoms with E-state index in [9.17, 15) is 4.79 Å². The Bertz CT molecular complexity index is 838. The lowest BCUT2D eigenvalue weighted by atomic mass is 10.1. The predicted octanol–water partition coefficient (Wildman–Crippen LogP) is 2.95.